The van der Waals surface area contributed by atoms with Crippen molar-refractivity contribution in [3.05, 3.63) is 33.8 Å². The van der Waals surface area contributed by atoms with E-state index < -0.39 is 0 Å². The van der Waals surface area contributed by atoms with Gasteiger partial charge in [0.05, 0.1) is 0 Å². The monoisotopic (exact) mass is 315 g/mol. The van der Waals surface area contributed by atoms with Crippen LogP contribution >= 0.6 is 23.2 Å². The lowest BCUT2D eigenvalue weighted by Gasteiger charge is -2.29. The first kappa shape index (κ1) is 15.4. The van der Waals surface area contributed by atoms with Crippen LogP contribution in [0.25, 0.3) is 0 Å². The Morgan fingerprint density at radius 2 is 1.85 bits per heavy atom. The zero-order valence-electron chi connectivity index (χ0n) is 11.5. The average Bonchev–Trinajstić information content (AvgIpc) is 2.38. The maximum Gasteiger partial charge on any atom is 0.315 e. The van der Waals surface area contributed by atoms with Gasteiger partial charge in [-0.05, 0) is 56.7 Å². The number of urea groups is 1. The molecule has 0 radical (unpaired) electrons. The number of amides is 2. The van der Waals surface area contributed by atoms with E-state index >= 15 is 0 Å². The summed E-state index contributed by atoms with van der Waals surface area (Å²) in [6.45, 7) is 2.46. The van der Waals surface area contributed by atoms with Crippen LogP contribution in [0.15, 0.2) is 18.2 Å². The smallest absolute Gasteiger partial charge is 0.315 e. The first-order valence-corrected chi connectivity index (χ1v) is 7.46. The highest BCUT2D eigenvalue weighted by Crippen LogP contribution is 2.18. The molecule has 2 N–H and O–H groups in total. The molecule has 0 bridgehead atoms. The molecule has 1 aromatic rings. The molecule has 0 atom stereocenters. The predicted octanol–water partition coefficient (Wildman–Crippen LogP) is 2.89. The molecule has 4 nitrogen and oxygen atoms in total. The first-order chi connectivity index (χ1) is 9.52. The van der Waals surface area contributed by atoms with Gasteiger partial charge in [-0.3, -0.25) is 0 Å². The average molecular weight is 316 g/mol. The molecule has 0 spiro atoms. The minimum absolute atomic E-state index is 0.143. The molecule has 0 aliphatic carbocycles. The summed E-state index contributed by atoms with van der Waals surface area (Å²) in [5.41, 5.74) is 0.890. The zero-order chi connectivity index (χ0) is 14.5. The Balaban J connectivity index is 1.77. The Morgan fingerprint density at radius 1 is 1.25 bits per heavy atom. The predicted molar refractivity (Wildman–Crippen MR) is 82.4 cm³/mol. The van der Waals surface area contributed by atoms with Crippen molar-refractivity contribution < 1.29 is 4.79 Å². The van der Waals surface area contributed by atoms with Gasteiger partial charge in [0.25, 0.3) is 0 Å². The Morgan fingerprint density at radius 3 is 2.45 bits per heavy atom. The minimum atomic E-state index is -0.143. The van der Waals surface area contributed by atoms with E-state index in [-0.39, 0.29) is 12.1 Å². The van der Waals surface area contributed by atoms with E-state index in [4.69, 9.17) is 23.2 Å². The van der Waals surface area contributed by atoms with E-state index in [0.717, 1.165) is 31.5 Å². The van der Waals surface area contributed by atoms with E-state index in [1.807, 2.05) is 0 Å². The number of likely N-dealkylation sites (tertiary alicyclic amines) is 1. The molecule has 6 heteroatoms. The van der Waals surface area contributed by atoms with E-state index in [2.05, 4.69) is 22.6 Å². The van der Waals surface area contributed by atoms with Crippen LogP contribution in [-0.2, 0) is 6.54 Å². The molecule has 0 aromatic heterocycles. The lowest BCUT2D eigenvalue weighted by Crippen LogP contribution is -2.46. The Bertz CT molecular complexity index is 453. The van der Waals surface area contributed by atoms with E-state index in [0.29, 0.717) is 16.6 Å². The molecule has 0 unspecified atom stereocenters. The fourth-order valence-electron chi connectivity index (χ4n) is 2.28. The largest absolute Gasteiger partial charge is 0.335 e. The molecule has 0 saturated carbocycles. The molecule has 1 aliphatic heterocycles. The summed E-state index contributed by atoms with van der Waals surface area (Å²) in [5, 5.41) is 6.98. The fraction of sp³-hybridized carbons (Fsp3) is 0.500. The van der Waals surface area contributed by atoms with Gasteiger partial charge in [-0.15, -0.1) is 0 Å². The lowest BCUT2D eigenvalue weighted by atomic mass is 10.1. The third-order valence-corrected chi connectivity index (χ3v) is 3.87. The van der Waals surface area contributed by atoms with Crippen molar-refractivity contribution >= 4 is 29.2 Å². The number of nitrogens with one attached hydrogen (secondary N) is 2. The number of halogens is 2. The number of carbonyl (C=O) groups excluding carboxylic acids is 1. The molecule has 1 aromatic carbocycles. The molecule has 1 saturated heterocycles. The molecule has 110 valence electrons. The van der Waals surface area contributed by atoms with Gasteiger partial charge in [0.2, 0.25) is 0 Å². The van der Waals surface area contributed by atoms with Crippen LogP contribution in [-0.4, -0.2) is 37.1 Å². The summed E-state index contributed by atoms with van der Waals surface area (Å²) < 4.78 is 0. The standard InChI is InChI=1S/C14H19Cl2N3O/c1-19-4-2-13(3-5-19)18-14(20)17-9-10-6-11(15)8-12(16)7-10/h6-8,13H,2-5,9H2,1H3,(H2,17,18,20). The molecule has 2 rings (SSSR count). The molecule has 1 aliphatic rings. The second kappa shape index (κ2) is 7.16. The summed E-state index contributed by atoms with van der Waals surface area (Å²) >= 11 is 11.8. The van der Waals surface area contributed by atoms with E-state index in [1.165, 1.54) is 0 Å². The van der Waals surface area contributed by atoms with Crippen LogP contribution in [0.2, 0.25) is 10.0 Å². The van der Waals surface area contributed by atoms with Gasteiger partial charge in [0.1, 0.15) is 0 Å². The zero-order valence-corrected chi connectivity index (χ0v) is 13.0. The van der Waals surface area contributed by atoms with Crippen LogP contribution in [0.5, 0.6) is 0 Å². The molecule has 2 amide bonds. The molecular weight excluding hydrogens is 297 g/mol. The quantitative estimate of drug-likeness (QED) is 0.900. The minimum Gasteiger partial charge on any atom is -0.335 e. The highest BCUT2D eigenvalue weighted by atomic mass is 35.5. The lowest BCUT2D eigenvalue weighted by molar-refractivity contribution is 0.213. The number of hydrogen-bond donors (Lipinski definition) is 2. The third-order valence-electron chi connectivity index (χ3n) is 3.43. The Labute approximate surface area is 129 Å². The highest BCUT2D eigenvalue weighted by molar-refractivity contribution is 6.34. The molecule has 1 heterocycles. The van der Waals surface area contributed by atoms with Crippen LogP contribution < -0.4 is 10.6 Å². The van der Waals surface area contributed by atoms with Crippen molar-refractivity contribution in [2.45, 2.75) is 25.4 Å². The van der Waals surface area contributed by atoms with E-state index in [9.17, 15) is 4.79 Å². The maximum absolute atomic E-state index is 11.8. The van der Waals surface area contributed by atoms with Crippen LogP contribution in [0.3, 0.4) is 0 Å². The van der Waals surface area contributed by atoms with Crippen molar-refractivity contribution in [2.75, 3.05) is 20.1 Å². The summed E-state index contributed by atoms with van der Waals surface area (Å²) in [6.07, 6.45) is 1.99. The number of hydrogen-bond acceptors (Lipinski definition) is 2. The second-order valence-corrected chi connectivity index (χ2v) is 6.06. The summed E-state index contributed by atoms with van der Waals surface area (Å²) in [5.74, 6) is 0. The number of rotatable bonds is 3. The summed E-state index contributed by atoms with van der Waals surface area (Å²) in [7, 11) is 2.10. The summed E-state index contributed by atoms with van der Waals surface area (Å²) in [4.78, 5) is 14.1. The van der Waals surface area contributed by atoms with E-state index in [1.54, 1.807) is 18.2 Å². The van der Waals surface area contributed by atoms with Gasteiger partial charge >= 0.3 is 6.03 Å². The summed E-state index contributed by atoms with van der Waals surface area (Å²) in [6, 6.07) is 5.38. The molecular formula is C14H19Cl2N3O. The van der Waals surface area contributed by atoms with Gasteiger partial charge in [0, 0.05) is 22.6 Å². The Hall–Kier alpha value is -0.970. The third kappa shape index (κ3) is 4.85. The number of nitrogens with zero attached hydrogens (tertiary/aromatic N) is 1. The fourth-order valence-corrected chi connectivity index (χ4v) is 2.86. The highest BCUT2D eigenvalue weighted by Gasteiger charge is 2.18. The normalized spacial score (nSPS) is 16.9. The van der Waals surface area contributed by atoms with Crippen molar-refractivity contribution in [1.82, 2.24) is 15.5 Å². The van der Waals surface area contributed by atoms with Gasteiger partial charge in [-0.2, -0.15) is 0 Å². The van der Waals surface area contributed by atoms with Crippen molar-refractivity contribution in [2.24, 2.45) is 0 Å². The number of piperidine rings is 1. The van der Waals surface area contributed by atoms with Gasteiger partial charge in [0.15, 0.2) is 0 Å². The molecule has 20 heavy (non-hydrogen) atoms. The van der Waals surface area contributed by atoms with Crippen molar-refractivity contribution in [3.63, 3.8) is 0 Å². The number of carbonyl (C=O) groups is 1. The van der Waals surface area contributed by atoms with Crippen LogP contribution in [0, 0.1) is 0 Å². The molecule has 1 fully saturated rings. The van der Waals surface area contributed by atoms with Gasteiger partial charge < -0.3 is 15.5 Å². The Kier molecular flexibility index (Phi) is 5.52. The SMILES string of the molecule is CN1CCC(NC(=O)NCc2cc(Cl)cc(Cl)c2)CC1. The number of benzene rings is 1. The van der Waals surface area contributed by atoms with Crippen molar-refractivity contribution in [3.8, 4) is 0 Å². The first-order valence-electron chi connectivity index (χ1n) is 6.71. The van der Waals surface area contributed by atoms with Crippen molar-refractivity contribution in [1.29, 1.82) is 0 Å². The van der Waals surface area contributed by atoms with Gasteiger partial charge in [-0.25, -0.2) is 4.79 Å². The van der Waals surface area contributed by atoms with Gasteiger partial charge in [-0.1, -0.05) is 23.2 Å². The second-order valence-electron chi connectivity index (χ2n) is 5.18. The topological polar surface area (TPSA) is 44.4 Å². The van der Waals surface area contributed by atoms with Crippen LogP contribution in [0.4, 0.5) is 4.79 Å². The maximum atomic E-state index is 11.8. The van der Waals surface area contributed by atoms with Crippen LogP contribution in [0.1, 0.15) is 18.4 Å².